The van der Waals surface area contributed by atoms with Gasteiger partial charge in [-0.3, -0.25) is 9.35 Å². The van der Waals surface area contributed by atoms with Crippen LogP contribution >= 0.6 is 0 Å². The number of rotatable bonds is 24. The summed E-state index contributed by atoms with van der Waals surface area (Å²) < 4.78 is 57.6. The van der Waals surface area contributed by atoms with Gasteiger partial charge < -0.3 is 34.3 Å². The summed E-state index contributed by atoms with van der Waals surface area (Å²) in [5, 5.41) is 30.0. The van der Waals surface area contributed by atoms with Gasteiger partial charge in [-0.05, 0) is 38.5 Å². The van der Waals surface area contributed by atoms with Crippen molar-refractivity contribution >= 4 is 16.4 Å². The fourth-order valence-electron chi connectivity index (χ4n) is 4.35. The lowest BCUT2D eigenvalue weighted by Gasteiger charge is -2.41. The fourth-order valence-corrected chi connectivity index (χ4v) is 4.86. The Hall–Kier alpha value is -1.16. The number of aliphatic hydroxyl groups is 3. The number of hydrogen-bond acceptors (Lipinski definition) is 11. The van der Waals surface area contributed by atoms with Crippen molar-refractivity contribution in [2.75, 3.05) is 26.4 Å². The number of esters is 1. The molecule has 0 saturated carbocycles. The van der Waals surface area contributed by atoms with Gasteiger partial charge in [0.25, 0.3) is 0 Å². The van der Waals surface area contributed by atoms with E-state index in [1.807, 2.05) is 6.92 Å². The van der Waals surface area contributed by atoms with Gasteiger partial charge in [0.1, 0.15) is 30.5 Å². The second-order valence-corrected chi connectivity index (χ2v) is 11.4. The number of allylic oxidation sites excluding steroid dienone is 2. The van der Waals surface area contributed by atoms with Crippen molar-refractivity contribution in [3.8, 4) is 0 Å². The second kappa shape index (κ2) is 22.4. The van der Waals surface area contributed by atoms with E-state index in [9.17, 15) is 28.5 Å². The van der Waals surface area contributed by atoms with Crippen molar-refractivity contribution in [3.63, 3.8) is 0 Å². The molecule has 0 bridgehead atoms. The second-order valence-electron chi connectivity index (χ2n) is 10.3. The van der Waals surface area contributed by atoms with Crippen molar-refractivity contribution in [1.82, 2.24) is 0 Å². The van der Waals surface area contributed by atoms with Gasteiger partial charge in [-0.15, -0.1) is 0 Å². The molecule has 0 aromatic rings. The first-order valence-corrected chi connectivity index (χ1v) is 16.3. The average Bonchev–Trinajstić information content (AvgIpc) is 2.92. The molecule has 0 aromatic carbocycles. The van der Waals surface area contributed by atoms with Gasteiger partial charge in [-0.2, -0.15) is 8.42 Å². The van der Waals surface area contributed by atoms with E-state index in [2.05, 4.69) is 23.3 Å². The molecule has 242 valence electrons. The summed E-state index contributed by atoms with van der Waals surface area (Å²) in [6.45, 7) is 3.51. The largest absolute Gasteiger partial charge is 0.457 e. The number of aliphatic hydroxyl groups excluding tert-OH is 3. The van der Waals surface area contributed by atoms with Crippen LogP contribution in [0.15, 0.2) is 12.2 Å². The SMILES string of the molecule is CCCCC/C=C\CCCCCCCCOCC(COC1OC(CO)C(O)C(OS(=O)(=O)O)C1O)OC(=O)CCC. The maximum absolute atomic E-state index is 12.1. The smallest absolute Gasteiger partial charge is 0.397 e. The molecule has 1 saturated heterocycles. The molecule has 0 amide bonds. The van der Waals surface area contributed by atoms with E-state index in [1.54, 1.807) is 0 Å². The third kappa shape index (κ3) is 17.5. The fraction of sp³-hybridized carbons (Fsp3) is 0.893. The molecule has 0 aliphatic carbocycles. The normalized spacial score (nSPS) is 24.1. The molecule has 1 heterocycles. The van der Waals surface area contributed by atoms with Gasteiger partial charge in [-0.1, -0.05) is 64.5 Å². The molecule has 0 radical (unpaired) electrons. The van der Waals surface area contributed by atoms with E-state index in [4.69, 9.17) is 23.5 Å². The Balaban J connectivity index is 2.41. The maximum atomic E-state index is 12.1. The molecule has 6 atom stereocenters. The number of unbranched alkanes of at least 4 members (excludes halogenated alkanes) is 9. The first-order valence-electron chi connectivity index (χ1n) is 14.9. The van der Waals surface area contributed by atoms with Crippen molar-refractivity contribution in [3.05, 3.63) is 12.2 Å². The summed E-state index contributed by atoms with van der Waals surface area (Å²) in [6, 6.07) is 0. The van der Waals surface area contributed by atoms with E-state index in [0.29, 0.717) is 13.0 Å². The summed E-state index contributed by atoms with van der Waals surface area (Å²) in [6.07, 6.45) is 8.81. The van der Waals surface area contributed by atoms with Crippen LogP contribution in [0.4, 0.5) is 0 Å². The zero-order chi connectivity index (χ0) is 30.5. The van der Waals surface area contributed by atoms with Gasteiger partial charge in [0.05, 0.1) is 19.8 Å². The van der Waals surface area contributed by atoms with Gasteiger partial charge >= 0.3 is 16.4 Å². The number of hydrogen-bond donors (Lipinski definition) is 4. The van der Waals surface area contributed by atoms with Crippen LogP contribution in [0.2, 0.25) is 0 Å². The minimum atomic E-state index is -5.04. The Bertz CT molecular complexity index is 806. The standard InChI is InChI=1S/C28H52O12S/c1-3-5-6-7-8-9-10-11-12-13-14-15-16-18-36-20-22(38-24(30)17-4-2)21-37-28-26(32)27(40-41(33,34)35)25(31)23(19-29)39-28/h8-9,22-23,25-29,31-32H,3-7,10-21H2,1-2H3,(H,33,34,35)/b9-8-. The molecule has 12 nitrogen and oxygen atoms in total. The first kappa shape index (κ1) is 37.9. The van der Waals surface area contributed by atoms with Crippen LogP contribution in [-0.4, -0.2) is 97.5 Å². The minimum absolute atomic E-state index is 0.0276. The summed E-state index contributed by atoms with van der Waals surface area (Å²) in [5.74, 6) is -0.457. The van der Waals surface area contributed by atoms with Crippen LogP contribution in [0.5, 0.6) is 0 Å². The highest BCUT2D eigenvalue weighted by molar-refractivity contribution is 7.80. The van der Waals surface area contributed by atoms with E-state index in [0.717, 1.165) is 25.7 Å². The molecule has 0 aromatic heterocycles. The molecule has 41 heavy (non-hydrogen) atoms. The number of carbonyl (C=O) groups is 1. The zero-order valence-corrected chi connectivity index (χ0v) is 25.4. The summed E-state index contributed by atoms with van der Waals surface area (Å²) in [7, 11) is -5.04. The van der Waals surface area contributed by atoms with Gasteiger partial charge in [0.2, 0.25) is 0 Å². The van der Waals surface area contributed by atoms with Crippen LogP contribution < -0.4 is 0 Å². The highest BCUT2D eigenvalue weighted by Crippen LogP contribution is 2.25. The summed E-state index contributed by atoms with van der Waals surface area (Å²) in [4.78, 5) is 12.1. The quantitative estimate of drug-likeness (QED) is 0.0542. The van der Waals surface area contributed by atoms with Crippen molar-refractivity contribution in [2.24, 2.45) is 0 Å². The third-order valence-electron chi connectivity index (χ3n) is 6.61. The predicted molar refractivity (Wildman–Crippen MR) is 151 cm³/mol. The lowest BCUT2D eigenvalue weighted by atomic mass is 9.99. The highest BCUT2D eigenvalue weighted by Gasteiger charge is 2.48. The zero-order valence-electron chi connectivity index (χ0n) is 24.6. The molecule has 1 fully saturated rings. The Morgan fingerprint density at radius 2 is 1.54 bits per heavy atom. The van der Waals surface area contributed by atoms with Crippen LogP contribution in [0.1, 0.15) is 97.3 Å². The maximum Gasteiger partial charge on any atom is 0.397 e. The average molecular weight is 613 g/mol. The monoisotopic (exact) mass is 612 g/mol. The van der Waals surface area contributed by atoms with Crippen molar-refractivity contribution < 1.29 is 56.2 Å². The molecular formula is C28H52O12S. The summed E-state index contributed by atoms with van der Waals surface area (Å²) >= 11 is 0. The molecule has 4 N–H and O–H groups in total. The van der Waals surface area contributed by atoms with E-state index in [1.165, 1.54) is 44.9 Å². The van der Waals surface area contributed by atoms with Gasteiger partial charge in [0.15, 0.2) is 6.29 Å². The Labute approximate surface area is 245 Å². The third-order valence-corrected chi connectivity index (χ3v) is 7.07. The van der Waals surface area contributed by atoms with Crippen LogP contribution in [-0.2, 0) is 38.3 Å². The lowest BCUT2D eigenvalue weighted by Crippen LogP contribution is -2.60. The van der Waals surface area contributed by atoms with Crippen LogP contribution in [0, 0.1) is 0 Å². The van der Waals surface area contributed by atoms with Crippen LogP contribution in [0.3, 0.4) is 0 Å². The molecule has 13 heteroatoms. The van der Waals surface area contributed by atoms with Crippen LogP contribution in [0.25, 0.3) is 0 Å². The summed E-state index contributed by atoms with van der Waals surface area (Å²) in [5.41, 5.74) is 0. The van der Waals surface area contributed by atoms with Gasteiger partial charge in [-0.25, -0.2) is 4.18 Å². The molecule has 1 aliphatic rings. The predicted octanol–water partition coefficient (Wildman–Crippen LogP) is 3.23. The van der Waals surface area contributed by atoms with E-state index in [-0.39, 0.29) is 19.6 Å². The Kier molecular flexibility index (Phi) is 20.7. The minimum Gasteiger partial charge on any atom is -0.457 e. The Morgan fingerprint density at radius 3 is 2.15 bits per heavy atom. The van der Waals surface area contributed by atoms with Crippen molar-refractivity contribution in [1.29, 1.82) is 0 Å². The van der Waals surface area contributed by atoms with Gasteiger partial charge in [0, 0.05) is 13.0 Å². The molecule has 1 rings (SSSR count). The number of carbonyl (C=O) groups excluding carboxylic acids is 1. The highest BCUT2D eigenvalue weighted by atomic mass is 32.3. The Morgan fingerprint density at radius 1 is 0.902 bits per heavy atom. The van der Waals surface area contributed by atoms with E-state index < -0.39 is 59.8 Å². The molecule has 6 unspecified atom stereocenters. The topological polar surface area (TPSA) is 178 Å². The van der Waals surface area contributed by atoms with Crippen molar-refractivity contribution in [2.45, 2.75) is 134 Å². The molecule has 1 aliphatic heterocycles. The van der Waals surface area contributed by atoms with E-state index >= 15 is 0 Å². The number of ether oxygens (including phenoxy) is 4. The first-order chi connectivity index (χ1) is 19.6. The lowest BCUT2D eigenvalue weighted by molar-refractivity contribution is -0.301. The molecular weight excluding hydrogens is 560 g/mol. The molecule has 0 spiro atoms.